The highest BCUT2D eigenvalue weighted by Gasteiger charge is 2.25. The molecule has 1 aromatic carbocycles. The van der Waals surface area contributed by atoms with Crippen molar-refractivity contribution in [3.63, 3.8) is 0 Å². The van der Waals surface area contributed by atoms with Crippen molar-refractivity contribution in [2.75, 3.05) is 45.9 Å². The van der Waals surface area contributed by atoms with Gasteiger partial charge in [0.15, 0.2) is 0 Å². The van der Waals surface area contributed by atoms with Gasteiger partial charge in [-0.25, -0.2) is 4.79 Å². The first-order valence-electron chi connectivity index (χ1n) is 7.23. The molecule has 2 aliphatic heterocycles. The lowest BCUT2D eigenvalue weighted by Crippen LogP contribution is -2.42. The van der Waals surface area contributed by atoms with E-state index in [-0.39, 0.29) is 12.2 Å². The zero-order chi connectivity index (χ0) is 14.7. The number of hydrogen-bond donors (Lipinski definition) is 0. The fraction of sp³-hybridized carbons (Fsp3) is 0.533. The number of cyclic esters (lactones) is 1. The zero-order valence-electron chi connectivity index (χ0n) is 11.8. The molecule has 0 spiro atoms. The largest absolute Gasteiger partial charge is 0.448 e. The Hall–Kier alpha value is -1.11. The SMILES string of the molecule is O=C1OCCN1CCN1CCOC(c2ccc(Br)cc2)C1. The molecular formula is C15H19BrN2O3. The van der Waals surface area contributed by atoms with Gasteiger partial charge in [-0.15, -0.1) is 0 Å². The van der Waals surface area contributed by atoms with Crippen LogP contribution in [0.3, 0.4) is 0 Å². The summed E-state index contributed by atoms with van der Waals surface area (Å²) in [6.07, 6.45) is -0.0786. The highest BCUT2D eigenvalue weighted by molar-refractivity contribution is 9.10. The molecule has 0 radical (unpaired) electrons. The quantitative estimate of drug-likeness (QED) is 0.831. The van der Waals surface area contributed by atoms with E-state index in [2.05, 4.69) is 33.0 Å². The van der Waals surface area contributed by atoms with Gasteiger partial charge in [0.05, 0.1) is 19.3 Å². The predicted octanol–water partition coefficient (Wildman–Crippen LogP) is 2.27. The van der Waals surface area contributed by atoms with E-state index in [1.54, 1.807) is 4.90 Å². The number of rotatable bonds is 4. The molecule has 114 valence electrons. The van der Waals surface area contributed by atoms with Crippen LogP contribution in [0.4, 0.5) is 4.79 Å². The molecule has 6 heteroatoms. The van der Waals surface area contributed by atoms with Crippen LogP contribution in [0, 0.1) is 0 Å². The number of amides is 1. The summed E-state index contributed by atoms with van der Waals surface area (Å²) in [5.74, 6) is 0. The number of benzene rings is 1. The van der Waals surface area contributed by atoms with Crippen molar-refractivity contribution >= 4 is 22.0 Å². The number of hydrogen-bond acceptors (Lipinski definition) is 4. The van der Waals surface area contributed by atoms with Gasteiger partial charge >= 0.3 is 6.09 Å². The van der Waals surface area contributed by atoms with Crippen LogP contribution >= 0.6 is 15.9 Å². The Kier molecular flexibility index (Phi) is 4.77. The van der Waals surface area contributed by atoms with Gasteiger partial charge in [0.2, 0.25) is 0 Å². The van der Waals surface area contributed by atoms with E-state index in [1.165, 1.54) is 5.56 Å². The van der Waals surface area contributed by atoms with Crippen molar-refractivity contribution in [2.24, 2.45) is 0 Å². The van der Waals surface area contributed by atoms with Gasteiger partial charge in [0.1, 0.15) is 6.61 Å². The van der Waals surface area contributed by atoms with E-state index in [4.69, 9.17) is 9.47 Å². The second-order valence-corrected chi connectivity index (χ2v) is 6.23. The van der Waals surface area contributed by atoms with Crippen LogP contribution in [0.1, 0.15) is 11.7 Å². The number of carbonyl (C=O) groups excluding carboxylic acids is 1. The monoisotopic (exact) mass is 354 g/mol. The van der Waals surface area contributed by atoms with E-state index in [9.17, 15) is 4.79 Å². The lowest BCUT2D eigenvalue weighted by Gasteiger charge is -2.33. The fourth-order valence-corrected chi connectivity index (χ4v) is 2.94. The first-order chi connectivity index (χ1) is 10.2. The molecule has 0 aromatic heterocycles. The molecule has 2 fully saturated rings. The molecule has 1 unspecified atom stereocenters. The van der Waals surface area contributed by atoms with Gasteiger partial charge in [-0.2, -0.15) is 0 Å². The molecule has 5 nitrogen and oxygen atoms in total. The van der Waals surface area contributed by atoms with E-state index < -0.39 is 0 Å². The Labute approximate surface area is 132 Å². The summed E-state index contributed by atoms with van der Waals surface area (Å²) in [5.41, 5.74) is 1.20. The van der Waals surface area contributed by atoms with Crippen LogP contribution in [0.5, 0.6) is 0 Å². The van der Waals surface area contributed by atoms with Gasteiger partial charge in [-0.3, -0.25) is 4.90 Å². The van der Waals surface area contributed by atoms with Crippen LogP contribution < -0.4 is 0 Å². The van der Waals surface area contributed by atoms with Crippen LogP contribution in [0.25, 0.3) is 0 Å². The van der Waals surface area contributed by atoms with Crippen LogP contribution in [-0.4, -0.2) is 61.8 Å². The molecule has 0 aliphatic carbocycles. The second kappa shape index (κ2) is 6.77. The average molecular weight is 355 g/mol. The normalized spacial score (nSPS) is 23.4. The van der Waals surface area contributed by atoms with Crippen molar-refractivity contribution in [2.45, 2.75) is 6.10 Å². The number of carbonyl (C=O) groups is 1. The third kappa shape index (κ3) is 3.75. The van der Waals surface area contributed by atoms with E-state index in [0.29, 0.717) is 13.2 Å². The third-order valence-electron chi connectivity index (χ3n) is 3.92. The minimum Gasteiger partial charge on any atom is -0.448 e. The summed E-state index contributed by atoms with van der Waals surface area (Å²) >= 11 is 3.45. The first kappa shape index (κ1) is 14.8. The molecule has 2 aliphatic rings. The topological polar surface area (TPSA) is 42.0 Å². The number of halogens is 1. The van der Waals surface area contributed by atoms with Gasteiger partial charge in [0.25, 0.3) is 0 Å². The second-order valence-electron chi connectivity index (χ2n) is 5.31. The third-order valence-corrected chi connectivity index (χ3v) is 4.45. The summed E-state index contributed by atoms with van der Waals surface area (Å²) in [7, 11) is 0. The summed E-state index contributed by atoms with van der Waals surface area (Å²) in [6, 6.07) is 8.27. The molecule has 2 saturated heterocycles. The van der Waals surface area contributed by atoms with Gasteiger partial charge < -0.3 is 14.4 Å². The maximum absolute atomic E-state index is 11.4. The van der Waals surface area contributed by atoms with Crippen molar-refractivity contribution in [3.8, 4) is 0 Å². The molecular weight excluding hydrogens is 336 g/mol. The highest BCUT2D eigenvalue weighted by Crippen LogP contribution is 2.23. The minimum absolute atomic E-state index is 0.109. The number of morpholine rings is 1. The number of ether oxygens (including phenoxy) is 2. The molecule has 1 aromatic rings. The molecule has 3 rings (SSSR count). The van der Waals surface area contributed by atoms with Crippen LogP contribution in [0.2, 0.25) is 0 Å². The fourth-order valence-electron chi connectivity index (χ4n) is 2.68. The Morgan fingerprint density at radius 2 is 1.95 bits per heavy atom. The molecule has 2 heterocycles. The highest BCUT2D eigenvalue weighted by atomic mass is 79.9. The van der Waals surface area contributed by atoms with Crippen molar-refractivity contribution < 1.29 is 14.3 Å². The van der Waals surface area contributed by atoms with Crippen molar-refractivity contribution in [1.29, 1.82) is 0 Å². The minimum atomic E-state index is -0.187. The molecule has 0 bridgehead atoms. The summed E-state index contributed by atoms with van der Waals surface area (Å²) < 4.78 is 11.9. The molecule has 21 heavy (non-hydrogen) atoms. The Balaban J connectivity index is 1.53. The zero-order valence-corrected chi connectivity index (χ0v) is 13.4. The predicted molar refractivity (Wildman–Crippen MR) is 82.2 cm³/mol. The van der Waals surface area contributed by atoms with Crippen molar-refractivity contribution in [1.82, 2.24) is 9.80 Å². The van der Waals surface area contributed by atoms with Crippen LogP contribution in [0.15, 0.2) is 28.7 Å². The molecule has 0 N–H and O–H groups in total. The summed E-state index contributed by atoms with van der Waals surface area (Å²) in [5, 5.41) is 0. The maximum Gasteiger partial charge on any atom is 0.409 e. The summed E-state index contributed by atoms with van der Waals surface area (Å²) in [4.78, 5) is 15.5. The van der Waals surface area contributed by atoms with E-state index in [1.807, 2.05) is 12.1 Å². The molecule has 1 amide bonds. The maximum atomic E-state index is 11.4. The standard InChI is InChI=1S/C15H19BrN2O3/c16-13-3-1-12(2-4-13)14-11-17(7-9-20-14)5-6-18-8-10-21-15(18)19/h1-4,14H,5-11H2. The van der Waals surface area contributed by atoms with Gasteiger partial charge in [-0.05, 0) is 17.7 Å². The lowest BCUT2D eigenvalue weighted by molar-refractivity contribution is -0.0310. The van der Waals surface area contributed by atoms with E-state index >= 15 is 0 Å². The molecule has 1 atom stereocenters. The van der Waals surface area contributed by atoms with Crippen LogP contribution in [-0.2, 0) is 9.47 Å². The van der Waals surface area contributed by atoms with E-state index in [0.717, 1.165) is 37.3 Å². The van der Waals surface area contributed by atoms with Crippen molar-refractivity contribution in [3.05, 3.63) is 34.3 Å². The molecule has 0 saturated carbocycles. The Bertz CT molecular complexity index is 494. The Morgan fingerprint density at radius 1 is 1.14 bits per heavy atom. The Morgan fingerprint density at radius 3 is 2.67 bits per heavy atom. The first-order valence-corrected chi connectivity index (χ1v) is 8.03. The number of nitrogens with zero attached hydrogens (tertiary/aromatic N) is 2. The smallest absolute Gasteiger partial charge is 0.409 e. The average Bonchev–Trinajstić information content (AvgIpc) is 2.91. The van der Waals surface area contributed by atoms with Gasteiger partial charge in [0, 0.05) is 30.7 Å². The van der Waals surface area contributed by atoms with Gasteiger partial charge in [-0.1, -0.05) is 28.1 Å². The lowest BCUT2D eigenvalue weighted by atomic mass is 10.1. The summed E-state index contributed by atoms with van der Waals surface area (Å²) in [6.45, 7) is 5.33.